The van der Waals surface area contributed by atoms with E-state index in [1.807, 2.05) is 6.92 Å². The van der Waals surface area contributed by atoms with E-state index in [-0.39, 0.29) is 18.6 Å². The molecule has 18 heavy (non-hydrogen) atoms. The largest absolute Gasteiger partial charge is 0.396 e. The number of aliphatic hydroxyl groups is 1. The van der Waals surface area contributed by atoms with Gasteiger partial charge in [0.25, 0.3) is 5.91 Å². The number of carbonyl (C=O) groups excluding carboxylic acids is 1. The molecule has 0 saturated heterocycles. The third kappa shape index (κ3) is 4.36. The number of carbonyl (C=O) groups is 1. The van der Waals surface area contributed by atoms with Gasteiger partial charge in [0.15, 0.2) is 0 Å². The summed E-state index contributed by atoms with van der Waals surface area (Å²) < 4.78 is 0. The Balaban J connectivity index is 2.47. The van der Waals surface area contributed by atoms with Crippen molar-refractivity contribution in [2.24, 2.45) is 5.73 Å². The van der Waals surface area contributed by atoms with E-state index in [0.29, 0.717) is 12.2 Å². The summed E-state index contributed by atoms with van der Waals surface area (Å²) in [6.45, 7) is 2.75. The first-order valence-corrected chi connectivity index (χ1v) is 7.01. The number of hydrogen-bond acceptors (Lipinski definition) is 5. The van der Waals surface area contributed by atoms with Gasteiger partial charge < -0.3 is 15.7 Å². The Morgan fingerprint density at radius 3 is 2.83 bits per heavy atom. The highest BCUT2D eigenvalue weighted by Gasteiger charge is 2.16. The summed E-state index contributed by atoms with van der Waals surface area (Å²) in [5, 5.41) is 11.2. The van der Waals surface area contributed by atoms with Crippen molar-refractivity contribution in [2.45, 2.75) is 32.2 Å². The molecule has 102 valence electrons. The molecule has 0 bridgehead atoms. The molecule has 6 heteroatoms. The van der Waals surface area contributed by atoms with Crippen LogP contribution >= 0.6 is 11.3 Å². The molecule has 5 nitrogen and oxygen atoms in total. The number of aromatic nitrogens is 1. The first-order valence-electron chi connectivity index (χ1n) is 6.13. The number of unbranched alkanes of at least 4 members (excludes halogenated alkanes) is 2. The zero-order valence-electron chi connectivity index (χ0n) is 10.9. The average molecular weight is 271 g/mol. The quantitative estimate of drug-likeness (QED) is 0.735. The predicted molar refractivity (Wildman–Crippen MR) is 72.6 cm³/mol. The van der Waals surface area contributed by atoms with E-state index in [1.54, 1.807) is 17.3 Å². The van der Waals surface area contributed by atoms with Crippen molar-refractivity contribution in [2.75, 3.05) is 20.2 Å². The maximum absolute atomic E-state index is 12.0. The fourth-order valence-corrected chi connectivity index (χ4v) is 2.28. The van der Waals surface area contributed by atoms with Crippen LogP contribution in [0.15, 0.2) is 5.38 Å². The molecule has 3 N–H and O–H groups in total. The van der Waals surface area contributed by atoms with Crippen molar-refractivity contribution >= 4 is 17.2 Å². The van der Waals surface area contributed by atoms with Gasteiger partial charge in [-0.2, -0.15) is 0 Å². The molecule has 1 atom stereocenters. The lowest BCUT2D eigenvalue weighted by atomic mass is 10.2. The molecular formula is C12H21N3O2S. The molecule has 1 aromatic rings. The standard InChI is InChI=1S/C12H21N3O2S/c1-9(13)11-14-10(8-18-11)12(17)15(2)6-4-3-5-7-16/h8-9,16H,3-7,13H2,1-2H3. The molecular weight excluding hydrogens is 250 g/mol. The molecule has 1 unspecified atom stereocenters. The zero-order chi connectivity index (χ0) is 13.5. The Kier molecular flexibility index (Phi) is 6.24. The van der Waals surface area contributed by atoms with Crippen LogP contribution in [0.25, 0.3) is 0 Å². The molecule has 0 aromatic carbocycles. The van der Waals surface area contributed by atoms with Gasteiger partial charge in [-0.3, -0.25) is 4.79 Å². The third-order valence-corrected chi connectivity index (χ3v) is 3.67. The van der Waals surface area contributed by atoms with Crippen LogP contribution in [0.2, 0.25) is 0 Å². The molecule has 0 aliphatic rings. The predicted octanol–water partition coefficient (Wildman–Crippen LogP) is 1.40. The van der Waals surface area contributed by atoms with Crippen molar-refractivity contribution in [3.05, 3.63) is 16.1 Å². The van der Waals surface area contributed by atoms with Crippen molar-refractivity contribution in [3.63, 3.8) is 0 Å². The van der Waals surface area contributed by atoms with Crippen molar-refractivity contribution in [1.29, 1.82) is 0 Å². The number of amides is 1. The number of aliphatic hydroxyl groups excluding tert-OH is 1. The molecule has 1 heterocycles. The fraction of sp³-hybridized carbons (Fsp3) is 0.667. The number of rotatable bonds is 7. The molecule has 0 aliphatic carbocycles. The van der Waals surface area contributed by atoms with Crippen LogP contribution in [0.5, 0.6) is 0 Å². The Bertz CT molecular complexity index is 379. The first-order chi connectivity index (χ1) is 8.56. The van der Waals surface area contributed by atoms with E-state index < -0.39 is 0 Å². The highest BCUT2D eigenvalue weighted by Crippen LogP contribution is 2.16. The molecule has 0 saturated carbocycles. The summed E-state index contributed by atoms with van der Waals surface area (Å²) in [6, 6.07) is -0.133. The maximum Gasteiger partial charge on any atom is 0.273 e. The van der Waals surface area contributed by atoms with Crippen LogP contribution in [0, 0.1) is 0 Å². The van der Waals surface area contributed by atoms with Gasteiger partial charge in [-0.15, -0.1) is 11.3 Å². The smallest absolute Gasteiger partial charge is 0.273 e. The molecule has 1 rings (SSSR count). The fourth-order valence-electron chi connectivity index (χ4n) is 1.53. The molecule has 0 spiro atoms. The van der Waals surface area contributed by atoms with E-state index in [1.165, 1.54) is 11.3 Å². The van der Waals surface area contributed by atoms with Crippen LogP contribution < -0.4 is 5.73 Å². The maximum atomic E-state index is 12.0. The molecule has 0 aliphatic heterocycles. The zero-order valence-corrected chi connectivity index (χ0v) is 11.7. The number of nitrogens with two attached hydrogens (primary N) is 1. The Hall–Kier alpha value is -0.980. The second-order valence-corrected chi connectivity index (χ2v) is 5.26. The lowest BCUT2D eigenvalue weighted by Gasteiger charge is -2.15. The van der Waals surface area contributed by atoms with Gasteiger partial charge in [-0.05, 0) is 26.2 Å². The SMILES string of the molecule is CC(N)c1nc(C(=O)N(C)CCCCCO)cs1. The van der Waals surface area contributed by atoms with E-state index in [2.05, 4.69) is 4.98 Å². The number of nitrogens with zero attached hydrogens (tertiary/aromatic N) is 2. The van der Waals surface area contributed by atoms with Crippen molar-refractivity contribution in [1.82, 2.24) is 9.88 Å². The third-order valence-electron chi connectivity index (χ3n) is 2.63. The van der Waals surface area contributed by atoms with Crippen molar-refractivity contribution < 1.29 is 9.90 Å². The Morgan fingerprint density at radius 2 is 2.28 bits per heavy atom. The van der Waals surface area contributed by atoms with Gasteiger partial charge in [0.1, 0.15) is 10.7 Å². The summed E-state index contributed by atoms with van der Waals surface area (Å²) >= 11 is 1.42. The second-order valence-electron chi connectivity index (χ2n) is 4.37. The first kappa shape index (κ1) is 15.1. The second kappa shape index (κ2) is 7.45. The Morgan fingerprint density at radius 1 is 1.56 bits per heavy atom. The molecule has 1 amide bonds. The van der Waals surface area contributed by atoms with Crippen molar-refractivity contribution in [3.8, 4) is 0 Å². The van der Waals surface area contributed by atoms with Crippen LogP contribution in [-0.4, -0.2) is 41.1 Å². The topological polar surface area (TPSA) is 79.5 Å². The summed E-state index contributed by atoms with van der Waals surface area (Å²) in [7, 11) is 1.77. The van der Waals surface area contributed by atoms with E-state index >= 15 is 0 Å². The summed E-state index contributed by atoms with van der Waals surface area (Å²) in [6.07, 6.45) is 2.61. The highest BCUT2D eigenvalue weighted by molar-refractivity contribution is 7.09. The average Bonchev–Trinajstić information content (AvgIpc) is 2.83. The van der Waals surface area contributed by atoms with Gasteiger partial charge in [-0.1, -0.05) is 0 Å². The molecule has 0 radical (unpaired) electrons. The number of thiazole rings is 1. The monoisotopic (exact) mass is 271 g/mol. The van der Waals surface area contributed by atoms with Gasteiger partial charge >= 0.3 is 0 Å². The van der Waals surface area contributed by atoms with Crippen LogP contribution in [0.4, 0.5) is 0 Å². The highest BCUT2D eigenvalue weighted by atomic mass is 32.1. The van der Waals surface area contributed by atoms with Crippen LogP contribution in [0.1, 0.15) is 47.7 Å². The van der Waals surface area contributed by atoms with Gasteiger partial charge in [0.05, 0.1) is 6.04 Å². The minimum Gasteiger partial charge on any atom is -0.396 e. The molecule has 1 aromatic heterocycles. The van der Waals surface area contributed by atoms with Crippen LogP contribution in [-0.2, 0) is 0 Å². The van der Waals surface area contributed by atoms with Gasteiger partial charge in [0.2, 0.25) is 0 Å². The van der Waals surface area contributed by atoms with Crippen LogP contribution in [0.3, 0.4) is 0 Å². The minimum atomic E-state index is -0.133. The van der Waals surface area contributed by atoms with Gasteiger partial charge in [0, 0.05) is 25.6 Å². The molecule has 0 fully saturated rings. The normalized spacial score (nSPS) is 12.4. The van der Waals surface area contributed by atoms with Gasteiger partial charge in [-0.25, -0.2) is 4.98 Å². The Labute approximate surface area is 112 Å². The summed E-state index contributed by atoms with van der Waals surface area (Å²) in [4.78, 5) is 17.9. The lowest BCUT2D eigenvalue weighted by molar-refractivity contribution is 0.0787. The van der Waals surface area contributed by atoms with E-state index in [0.717, 1.165) is 24.3 Å². The summed E-state index contributed by atoms with van der Waals surface area (Å²) in [5.41, 5.74) is 6.19. The minimum absolute atomic E-state index is 0.0675. The number of hydrogen-bond donors (Lipinski definition) is 2. The van der Waals surface area contributed by atoms with E-state index in [4.69, 9.17) is 10.8 Å². The lowest BCUT2D eigenvalue weighted by Crippen LogP contribution is -2.28. The summed E-state index contributed by atoms with van der Waals surface area (Å²) in [5.74, 6) is -0.0675. The van der Waals surface area contributed by atoms with E-state index in [9.17, 15) is 4.79 Å².